The molecule has 5 rings (SSSR count). The lowest BCUT2D eigenvalue weighted by molar-refractivity contribution is 0.263. The number of hydrogen-bond donors (Lipinski definition) is 1. The van der Waals surface area contributed by atoms with Crippen LogP contribution in [0.25, 0.3) is 22.5 Å². The van der Waals surface area contributed by atoms with Gasteiger partial charge in [0.15, 0.2) is 0 Å². The number of benzene rings is 2. The lowest BCUT2D eigenvalue weighted by Gasteiger charge is -2.14. The van der Waals surface area contributed by atoms with Crippen LogP contribution in [0, 0.1) is 0 Å². The van der Waals surface area contributed by atoms with Gasteiger partial charge >= 0.3 is 0 Å². The maximum Gasteiger partial charge on any atom is 0.221 e. The van der Waals surface area contributed by atoms with Crippen LogP contribution in [0.15, 0.2) is 48.5 Å². The van der Waals surface area contributed by atoms with Gasteiger partial charge in [-0.2, -0.15) is 0 Å². The second-order valence-electron chi connectivity index (χ2n) is 7.87. The van der Waals surface area contributed by atoms with Crippen molar-refractivity contribution in [1.29, 1.82) is 0 Å². The Balaban J connectivity index is 1.33. The Labute approximate surface area is 171 Å². The maximum atomic E-state index is 6.04. The summed E-state index contributed by atoms with van der Waals surface area (Å²) in [4.78, 5) is 11.6. The van der Waals surface area contributed by atoms with Crippen molar-refractivity contribution >= 4 is 5.95 Å². The summed E-state index contributed by atoms with van der Waals surface area (Å²) in [5.41, 5.74) is 12.5. The van der Waals surface area contributed by atoms with Gasteiger partial charge in [-0.15, -0.1) is 0 Å². The van der Waals surface area contributed by atoms with E-state index >= 15 is 0 Å². The summed E-state index contributed by atoms with van der Waals surface area (Å²) < 4.78 is 6.04. The van der Waals surface area contributed by atoms with Gasteiger partial charge in [0.2, 0.25) is 5.95 Å². The molecule has 2 aliphatic rings. The third-order valence-electron chi connectivity index (χ3n) is 5.86. The topological polar surface area (TPSA) is 64.3 Å². The van der Waals surface area contributed by atoms with E-state index in [0.717, 1.165) is 59.8 Å². The van der Waals surface area contributed by atoms with Crippen molar-refractivity contribution in [2.75, 3.05) is 32.0 Å². The van der Waals surface area contributed by atoms with E-state index in [9.17, 15) is 0 Å². The molecule has 1 fully saturated rings. The second-order valence-corrected chi connectivity index (χ2v) is 7.87. The number of hydrogen-bond acceptors (Lipinski definition) is 5. The van der Waals surface area contributed by atoms with Crippen LogP contribution >= 0.6 is 0 Å². The zero-order valence-corrected chi connectivity index (χ0v) is 16.6. The summed E-state index contributed by atoms with van der Waals surface area (Å²) >= 11 is 0. The molecule has 0 bridgehead atoms. The summed E-state index contributed by atoms with van der Waals surface area (Å²) in [7, 11) is 0. The van der Waals surface area contributed by atoms with Gasteiger partial charge in [0.1, 0.15) is 5.75 Å². The number of likely N-dealkylation sites (tertiary alicyclic amines) is 1. The van der Waals surface area contributed by atoms with Crippen LogP contribution in [-0.4, -0.2) is 41.1 Å². The second kappa shape index (κ2) is 7.84. The zero-order chi connectivity index (χ0) is 19.6. The Hall–Kier alpha value is -2.92. The number of nitrogens with two attached hydrogens (primary N) is 1. The van der Waals surface area contributed by atoms with Crippen LogP contribution in [0.4, 0.5) is 5.95 Å². The SMILES string of the molecule is Nc1nc(-c2ccccc2)c2c(n1)-c1ccc(OCCCN3CCCC3)cc1C2. The van der Waals surface area contributed by atoms with Crippen LogP contribution in [0.5, 0.6) is 5.75 Å². The molecule has 1 aliphatic carbocycles. The fraction of sp³-hybridized carbons (Fsp3) is 0.333. The third-order valence-corrected chi connectivity index (χ3v) is 5.86. The molecule has 5 nitrogen and oxygen atoms in total. The van der Waals surface area contributed by atoms with Gasteiger partial charge < -0.3 is 15.4 Å². The highest BCUT2D eigenvalue weighted by atomic mass is 16.5. The molecule has 2 aromatic carbocycles. The lowest BCUT2D eigenvalue weighted by atomic mass is 10.0. The largest absolute Gasteiger partial charge is 0.494 e. The van der Waals surface area contributed by atoms with E-state index in [1.165, 1.54) is 31.5 Å². The molecule has 0 saturated carbocycles. The fourth-order valence-corrected chi connectivity index (χ4v) is 4.44. The lowest BCUT2D eigenvalue weighted by Crippen LogP contribution is -2.21. The Bertz CT molecular complexity index is 1010. The smallest absolute Gasteiger partial charge is 0.221 e. The Morgan fingerprint density at radius 2 is 1.76 bits per heavy atom. The standard InChI is InChI=1S/C24H26N4O/c25-24-26-22(17-7-2-1-3-8-17)21-16-18-15-19(9-10-20(18)23(21)27-24)29-14-6-13-28-11-4-5-12-28/h1-3,7-10,15H,4-6,11-14,16H2,(H2,25,26,27). The first-order valence-electron chi connectivity index (χ1n) is 10.5. The monoisotopic (exact) mass is 386 g/mol. The van der Waals surface area contributed by atoms with E-state index in [1.54, 1.807) is 0 Å². The highest BCUT2D eigenvalue weighted by Crippen LogP contribution is 2.41. The third kappa shape index (κ3) is 3.70. The average Bonchev–Trinajstić information content (AvgIpc) is 3.39. The molecule has 0 amide bonds. The Kier molecular flexibility index (Phi) is 4.90. The van der Waals surface area contributed by atoms with Crippen LogP contribution < -0.4 is 10.5 Å². The predicted molar refractivity (Wildman–Crippen MR) is 116 cm³/mol. The molecular weight excluding hydrogens is 360 g/mol. The quantitative estimate of drug-likeness (QED) is 0.504. The van der Waals surface area contributed by atoms with Crippen LogP contribution in [0.1, 0.15) is 30.4 Å². The number of fused-ring (bicyclic) bond motifs is 3. The molecule has 3 aromatic rings. The molecule has 1 saturated heterocycles. The number of anilines is 1. The molecule has 1 aromatic heterocycles. The molecule has 0 atom stereocenters. The van der Waals surface area contributed by atoms with Gasteiger partial charge in [-0.3, -0.25) is 0 Å². The van der Waals surface area contributed by atoms with Gasteiger partial charge in [0.05, 0.1) is 18.0 Å². The number of nitrogens with zero attached hydrogens (tertiary/aromatic N) is 3. The summed E-state index contributed by atoms with van der Waals surface area (Å²) in [6.45, 7) is 4.37. The van der Waals surface area contributed by atoms with E-state index in [1.807, 2.05) is 24.3 Å². The number of aromatic nitrogens is 2. The van der Waals surface area contributed by atoms with E-state index in [2.05, 4.69) is 39.1 Å². The fourth-order valence-electron chi connectivity index (χ4n) is 4.44. The van der Waals surface area contributed by atoms with Gasteiger partial charge in [-0.1, -0.05) is 30.3 Å². The predicted octanol–water partition coefficient (Wildman–Crippen LogP) is 4.16. The van der Waals surface area contributed by atoms with Crippen molar-refractivity contribution < 1.29 is 4.74 Å². The van der Waals surface area contributed by atoms with Crippen molar-refractivity contribution in [1.82, 2.24) is 14.9 Å². The molecule has 2 N–H and O–H groups in total. The van der Waals surface area contributed by atoms with E-state index in [4.69, 9.17) is 10.5 Å². The summed E-state index contributed by atoms with van der Waals surface area (Å²) in [5.74, 6) is 1.25. The first kappa shape index (κ1) is 18.1. The normalized spacial score (nSPS) is 15.3. The molecule has 5 heteroatoms. The molecule has 0 spiro atoms. The molecule has 148 valence electrons. The van der Waals surface area contributed by atoms with E-state index in [0.29, 0.717) is 5.95 Å². The minimum Gasteiger partial charge on any atom is -0.494 e. The first-order valence-corrected chi connectivity index (χ1v) is 10.5. The number of nitrogen functional groups attached to an aromatic ring is 1. The van der Waals surface area contributed by atoms with E-state index in [-0.39, 0.29) is 0 Å². The number of rotatable bonds is 6. The van der Waals surface area contributed by atoms with Crippen LogP contribution in [0.2, 0.25) is 0 Å². The summed E-state index contributed by atoms with van der Waals surface area (Å²) in [6.07, 6.45) is 4.55. The Morgan fingerprint density at radius 3 is 2.59 bits per heavy atom. The Morgan fingerprint density at radius 1 is 0.966 bits per heavy atom. The van der Waals surface area contributed by atoms with Crippen molar-refractivity contribution in [3.8, 4) is 28.3 Å². The maximum absolute atomic E-state index is 6.04. The van der Waals surface area contributed by atoms with Crippen molar-refractivity contribution in [3.63, 3.8) is 0 Å². The number of ether oxygens (including phenoxy) is 1. The van der Waals surface area contributed by atoms with Gasteiger partial charge in [-0.25, -0.2) is 9.97 Å². The van der Waals surface area contributed by atoms with Gasteiger partial charge in [-0.05, 0) is 56.1 Å². The molecular formula is C24H26N4O. The minimum absolute atomic E-state index is 0.317. The van der Waals surface area contributed by atoms with Gasteiger partial charge in [0, 0.05) is 29.7 Å². The highest BCUT2D eigenvalue weighted by Gasteiger charge is 2.25. The van der Waals surface area contributed by atoms with Crippen LogP contribution in [0.3, 0.4) is 0 Å². The highest BCUT2D eigenvalue weighted by molar-refractivity contribution is 5.81. The molecule has 29 heavy (non-hydrogen) atoms. The van der Waals surface area contributed by atoms with E-state index < -0.39 is 0 Å². The van der Waals surface area contributed by atoms with Crippen LogP contribution in [-0.2, 0) is 6.42 Å². The summed E-state index contributed by atoms with van der Waals surface area (Å²) in [5, 5.41) is 0. The molecule has 1 aliphatic heterocycles. The molecule has 2 heterocycles. The average molecular weight is 386 g/mol. The van der Waals surface area contributed by atoms with Crippen molar-refractivity contribution in [3.05, 3.63) is 59.7 Å². The molecule has 0 radical (unpaired) electrons. The zero-order valence-electron chi connectivity index (χ0n) is 16.6. The first-order chi connectivity index (χ1) is 14.3. The van der Waals surface area contributed by atoms with Crippen molar-refractivity contribution in [2.45, 2.75) is 25.7 Å². The van der Waals surface area contributed by atoms with Gasteiger partial charge in [0.25, 0.3) is 0 Å². The minimum atomic E-state index is 0.317. The molecule has 0 unspecified atom stereocenters. The summed E-state index contributed by atoms with van der Waals surface area (Å²) in [6, 6.07) is 16.5. The van der Waals surface area contributed by atoms with Crippen molar-refractivity contribution in [2.24, 2.45) is 0 Å².